The van der Waals surface area contributed by atoms with E-state index < -0.39 is 5.60 Å². The van der Waals surface area contributed by atoms with Crippen LogP contribution in [0.2, 0.25) is 0 Å². The second-order valence-electron chi connectivity index (χ2n) is 6.24. The van der Waals surface area contributed by atoms with Crippen molar-refractivity contribution < 1.29 is 9.90 Å². The van der Waals surface area contributed by atoms with Crippen molar-refractivity contribution in [2.45, 2.75) is 57.6 Å². The molecule has 0 aromatic heterocycles. The molecule has 1 amide bonds. The summed E-state index contributed by atoms with van der Waals surface area (Å²) in [4.78, 5) is 12.1. The highest BCUT2D eigenvalue weighted by Gasteiger charge is 2.29. The molecule has 0 spiro atoms. The molecule has 0 radical (unpaired) electrons. The monoisotopic (exact) mass is 290 g/mol. The van der Waals surface area contributed by atoms with E-state index in [4.69, 9.17) is 0 Å². The third kappa shape index (κ3) is 4.83. The SMILES string of the molecule is Cc1ccc(NC(=O)C(C)NCC2(O)CCCCC2)cc1. The van der Waals surface area contributed by atoms with Gasteiger partial charge in [0, 0.05) is 12.2 Å². The lowest BCUT2D eigenvalue weighted by Gasteiger charge is -2.33. The number of aryl methyl sites for hydroxylation is 1. The van der Waals surface area contributed by atoms with Crippen molar-refractivity contribution in [2.75, 3.05) is 11.9 Å². The quantitative estimate of drug-likeness (QED) is 0.781. The Balaban J connectivity index is 1.80. The van der Waals surface area contributed by atoms with Gasteiger partial charge in [0.15, 0.2) is 0 Å². The Bertz CT molecular complexity index is 464. The third-order valence-electron chi connectivity index (χ3n) is 4.23. The lowest BCUT2D eigenvalue weighted by Crippen LogP contribution is -2.48. The smallest absolute Gasteiger partial charge is 0.241 e. The van der Waals surface area contributed by atoms with Crippen LogP contribution >= 0.6 is 0 Å². The summed E-state index contributed by atoms with van der Waals surface area (Å²) < 4.78 is 0. The van der Waals surface area contributed by atoms with Crippen molar-refractivity contribution in [3.05, 3.63) is 29.8 Å². The van der Waals surface area contributed by atoms with Gasteiger partial charge in [0.2, 0.25) is 5.91 Å². The van der Waals surface area contributed by atoms with E-state index in [0.717, 1.165) is 31.4 Å². The largest absolute Gasteiger partial charge is 0.389 e. The van der Waals surface area contributed by atoms with Crippen LogP contribution in [-0.4, -0.2) is 29.2 Å². The van der Waals surface area contributed by atoms with Crippen LogP contribution in [0.1, 0.15) is 44.6 Å². The Labute approximate surface area is 126 Å². The average Bonchev–Trinajstić information content (AvgIpc) is 2.48. The zero-order valence-corrected chi connectivity index (χ0v) is 13.0. The molecular weight excluding hydrogens is 264 g/mol. The number of hydrogen-bond acceptors (Lipinski definition) is 3. The van der Waals surface area contributed by atoms with E-state index in [0.29, 0.717) is 6.54 Å². The average molecular weight is 290 g/mol. The van der Waals surface area contributed by atoms with Crippen LogP contribution in [0.4, 0.5) is 5.69 Å². The number of hydrogen-bond donors (Lipinski definition) is 3. The van der Waals surface area contributed by atoms with Crippen molar-refractivity contribution in [3.63, 3.8) is 0 Å². The fourth-order valence-electron chi connectivity index (χ4n) is 2.71. The molecule has 116 valence electrons. The van der Waals surface area contributed by atoms with Gasteiger partial charge in [-0.05, 0) is 38.8 Å². The van der Waals surface area contributed by atoms with Crippen molar-refractivity contribution in [1.29, 1.82) is 0 Å². The molecule has 1 aromatic carbocycles. The first kappa shape index (κ1) is 16.0. The van der Waals surface area contributed by atoms with Gasteiger partial charge in [-0.2, -0.15) is 0 Å². The van der Waals surface area contributed by atoms with Gasteiger partial charge in [-0.15, -0.1) is 0 Å². The Morgan fingerprint density at radius 1 is 1.24 bits per heavy atom. The van der Waals surface area contributed by atoms with Gasteiger partial charge < -0.3 is 15.7 Å². The highest BCUT2D eigenvalue weighted by Crippen LogP contribution is 2.27. The van der Waals surface area contributed by atoms with Gasteiger partial charge in [0.05, 0.1) is 11.6 Å². The molecule has 1 unspecified atom stereocenters. The van der Waals surface area contributed by atoms with Crippen molar-refractivity contribution in [2.24, 2.45) is 0 Å². The summed E-state index contributed by atoms with van der Waals surface area (Å²) in [6, 6.07) is 7.41. The second kappa shape index (κ2) is 7.05. The summed E-state index contributed by atoms with van der Waals surface area (Å²) >= 11 is 0. The second-order valence-corrected chi connectivity index (χ2v) is 6.24. The maximum absolute atomic E-state index is 12.1. The normalized spacial score (nSPS) is 19.0. The molecule has 1 aliphatic rings. The Morgan fingerprint density at radius 2 is 1.86 bits per heavy atom. The van der Waals surface area contributed by atoms with E-state index in [9.17, 15) is 9.90 Å². The third-order valence-corrected chi connectivity index (χ3v) is 4.23. The van der Waals surface area contributed by atoms with Crippen molar-refractivity contribution in [3.8, 4) is 0 Å². The minimum atomic E-state index is -0.642. The van der Waals surface area contributed by atoms with Crippen LogP contribution in [0.5, 0.6) is 0 Å². The van der Waals surface area contributed by atoms with E-state index in [1.807, 2.05) is 38.1 Å². The summed E-state index contributed by atoms with van der Waals surface area (Å²) in [5.41, 5.74) is 1.32. The summed E-state index contributed by atoms with van der Waals surface area (Å²) in [5.74, 6) is -0.0711. The van der Waals surface area contributed by atoms with Gasteiger partial charge in [-0.1, -0.05) is 37.0 Å². The molecule has 3 N–H and O–H groups in total. The van der Waals surface area contributed by atoms with Crippen LogP contribution < -0.4 is 10.6 Å². The van der Waals surface area contributed by atoms with Crippen LogP contribution in [0.3, 0.4) is 0 Å². The van der Waals surface area contributed by atoms with Gasteiger partial charge in [0.25, 0.3) is 0 Å². The number of benzene rings is 1. The molecular formula is C17H26N2O2. The number of aliphatic hydroxyl groups is 1. The summed E-state index contributed by atoms with van der Waals surface area (Å²) in [5, 5.41) is 16.5. The lowest BCUT2D eigenvalue weighted by atomic mass is 9.85. The number of carbonyl (C=O) groups excluding carboxylic acids is 1. The lowest BCUT2D eigenvalue weighted by molar-refractivity contribution is -0.118. The number of nitrogens with one attached hydrogen (secondary N) is 2. The van der Waals surface area contributed by atoms with E-state index in [2.05, 4.69) is 10.6 Å². The topological polar surface area (TPSA) is 61.4 Å². The summed E-state index contributed by atoms with van der Waals surface area (Å²) in [6.07, 6.45) is 4.99. The van der Waals surface area contributed by atoms with E-state index in [1.165, 1.54) is 12.0 Å². The fourth-order valence-corrected chi connectivity index (χ4v) is 2.71. The van der Waals surface area contributed by atoms with Gasteiger partial charge in [-0.3, -0.25) is 4.79 Å². The molecule has 0 aliphatic heterocycles. The Kier molecular flexibility index (Phi) is 5.37. The number of amides is 1. The molecule has 1 aromatic rings. The molecule has 0 bridgehead atoms. The van der Waals surface area contributed by atoms with Gasteiger partial charge in [0.1, 0.15) is 0 Å². The number of anilines is 1. The van der Waals surface area contributed by atoms with E-state index >= 15 is 0 Å². The van der Waals surface area contributed by atoms with Gasteiger partial charge in [-0.25, -0.2) is 0 Å². The zero-order chi connectivity index (χ0) is 15.3. The van der Waals surface area contributed by atoms with Crippen LogP contribution in [0.25, 0.3) is 0 Å². The number of carbonyl (C=O) groups is 1. The molecule has 0 heterocycles. The summed E-state index contributed by atoms with van der Waals surface area (Å²) in [6.45, 7) is 4.33. The molecule has 2 rings (SSSR count). The molecule has 1 saturated carbocycles. The zero-order valence-electron chi connectivity index (χ0n) is 13.0. The highest BCUT2D eigenvalue weighted by atomic mass is 16.3. The molecule has 1 aliphatic carbocycles. The first-order valence-corrected chi connectivity index (χ1v) is 7.82. The Morgan fingerprint density at radius 3 is 2.48 bits per heavy atom. The molecule has 1 fully saturated rings. The van der Waals surface area contributed by atoms with E-state index in [-0.39, 0.29) is 11.9 Å². The molecule has 4 nitrogen and oxygen atoms in total. The maximum Gasteiger partial charge on any atom is 0.241 e. The van der Waals surface area contributed by atoms with Crippen LogP contribution in [-0.2, 0) is 4.79 Å². The van der Waals surface area contributed by atoms with Crippen molar-refractivity contribution in [1.82, 2.24) is 5.32 Å². The van der Waals surface area contributed by atoms with Gasteiger partial charge >= 0.3 is 0 Å². The minimum absolute atomic E-state index is 0.0711. The molecule has 21 heavy (non-hydrogen) atoms. The fraction of sp³-hybridized carbons (Fsp3) is 0.588. The van der Waals surface area contributed by atoms with E-state index in [1.54, 1.807) is 0 Å². The maximum atomic E-state index is 12.1. The Hall–Kier alpha value is -1.39. The first-order valence-electron chi connectivity index (χ1n) is 7.82. The van der Waals surface area contributed by atoms with Crippen LogP contribution in [0.15, 0.2) is 24.3 Å². The number of rotatable bonds is 5. The van der Waals surface area contributed by atoms with Crippen LogP contribution in [0, 0.1) is 6.92 Å². The standard InChI is InChI=1S/C17H26N2O2/c1-13-6-8-15(9-7-13)19-16(20)14(2)18-12-17(21)10-4-3-5-11-17/h6-9,14,18,21H,3-5,10-12H2,1-2H3,(H,19,20). The molecule has 4 heteroatoms. The molecule has 1 atom stereocenters. The predicted octanol–water partition coefficient (Wildman–Crippen LogP) is 2.61. The predicted molar refractivity (Wildman–Crippen MR) is 85.3 cm³/mol. The molecule has 0 saturated heterocycles. The first-order chi connectivity index (χ1) is 9.98. The van der Waals surface area contributed by atoms with Crippen molar-refractivity contribution >= 4 is 11.6 Å². The highest BCUT2D eigenvalue weighted by molar-refractivity contribution is 5.94. The summed E-state index contributed by atoms with van der Waals surface area (Å²) in [7, 11) is 0. The minimum Gasteiger partial charge on any atom is -0.389 e.